The molecule has 172 valence electrons. The first-order valence-electron chi connectivity index (χ1n) is 11.5. The van der Waals surface area contributed by atoms with Gasteiger partial charge in [0.15, 0.2) is 11.6 Å². The maximum absolute atomic E-state index is 13.1. The molecule has 8 heteroatoms. The smallest absolute Gasteiger partial charge is 0.255 e. The van der Waals surface area contributed by atoms with Gasteiger partial charge in [-0.25, -0.2) is 9.67 Å². The van der Waals surface area contributed by atoms with Gasteiger partial charge >= 0.3 is 0 Å². The van der Waals surface area contributed by atoms with Crippen LogP contribution in [0.15, 0.2) is 79.3 Å². The van der Waals surface area contributed by atoms with Gasteiger partial charge in [0.05, 0.1) is 11.3 Å². The number of nitrogens with zero attached hydrogens (tertiary/aromatic N) is 7. The van der Waals surface area contributed by atoms with E-state index < -0.39 is 0 Å². The summed E-state index contributed by atoms with van der Waals surface area (Å²) in [5.41, 5.74) is 2.62. The third-order valence-electron chi connectivity index (χ3n) is 6.23. The highest BCUT2D eigenvalue weighted by atomic mass is 16.2. The number of para-hydroxylation sites is 1. The van der Waals surface area contributed by atoms with Crippen molar-refractivity contribution in [1.29, 1.82) is 0 Å². The van der Waals surface area contributed by atoms with Crippen LogP contribution in [0.25, 0.3) is 5.82 Å². The number of hydrogen-bond acceptors (Lipinski definition) is 6. The van der Waals surface area contributed by atoms with Gasteiger partial charge in [-0.15, -0.1) is 5.10 Å². The number of piperidine rings is 1. The normalized spacial score (nSPS) is 15.8. The summed E-state index contributed by atoms with van der Waals surface area (Å²) in [6, 6.07) is 19.6. The fraction of sp³-hybridized carbons (Fsp3) is 0.269. The van der Waals surface area contributed by atoms with Gasteiger partial charge in [-0.2, -0.15) is 10.2 Å². The first-order valence-corrected chi connectivity index (χ1v) is 11.5. The van der Waals surface area contributed by atoms with Gasteiger partial charge in [0.1, 0.15) is 0 Å². The summed E-state index contributed by atoms with van der Waals surface area (Å²) < 4.78 is 1.68. The van der Waals surface area contributed by atoms with Gasteiger partial charge in [0, 0.05) is 44.4 Å². The number of amides is 1. The second-order valence-electron chi connectivity index (χ2n) is 8.60. The van der Waals surface area contributed by atoms with Gasteiger partial charge in [-0.3, -0.25) is 4.79 Å². The molecule has 1 aliphatic rings. The van der Waals surface area contributed by atoms with Crippen LogP contribution in [0.5, 0.6) is 0 Å². The maximum atomic E-state index is 13.1. The molecule has 34 heavy (non-hydrogen) atoms. The van der Waals surface area contributed by atoms with Crippen molar-refractivity contribution in [2.45, 2.75) is 19.3 Å². The predicted octanol–water partition coefficient (Wildman–Crippen LogP) is 3.92. The quantitative estimate of drug-likeness (QED) is 0.440. The van der Waals surface area contributed by atoms with Gasteiger partial charge in [-0.05, 0) is 67.6 Å². The molecule has 8 nitrogen and oxygen atoms in total. The summed E-state index contributed by atoms with van der Waals surface area (Å²) in [7, 11) is 1.99. The number of rotatable bonds is 6. The second-order valence-corrected chi connectivity index (χ2v) is 8.60. The number of benzene rings is 1. The van der Waals surface area contributed by atoms with E-state index in [1.54, 1.807) is 17.1 Å². The largest absolute Gasteiger partial charge is 0.338 e. The summed E-state index contributed by atoms with van der Waals surface area (Å²) in [5.74, 6) is 1.88. The highest BCUT2D eigenvalue weighted by Gasteiger charge is 2.25. The summed E-state index contributed by atoms with van der Waals surface area (Å²) in [4.78, 5) is 21.4. The molecular weight excluding hydrogens is 426 g/mol. The summed E-state index contributed by atoms with van der Waals surface area (Å²) in [6.45, 7) is 1.48. The Labute approximate surface area is 198 Å². The van der Waals surface area contributed by atoms with Gasteiger partial charge < -0.3 is 9.80 Å². The average Bonchev–Trinajstić information content (AvgIpc) is 3.44. The highest BCUT2D eigenvalue weighted by Crippen LogP contribution is 2.24. The fourth-order valence-corrected chi connectivity index (χ4v) is 4.37. The van der Waals surface area contributed by atoms with E-state index in [0.29, 0.717) is 23.8 Å². The van der Waals surface area contributed by atoms with Crippen molar-refractivity contribution >= 4 is 17.4 Å². The molecule has 4 aromatic rings. The van der Waals surface area contributed by atoms with Crippen LogP contribution in [0.3, 0.4) is 0 Å². The molecule has 1 aromatic carbocycles. The van der Waals surface area contributed by atoms with Crippen molar-refractivity contribution in [3.8, 4) is 5.82 Å². The van der Waals surface area contributed by atoms with E-state index in [9.17, 15) is 4.79 Å². The molecule has 0 spiro atoms. The third-order valence-corrected chi connectivity index (χ3v) is 6.23. The molecule has 1 unspecified atom stereocenters. The molecule has 1 amide bonds. The van der Waals surface area contributed by atoms with Crippen LogP contribution in [0.4, 0.5) is 11.5 Å². The molecule has 1 fully saturated rings. The lowest BCUT2D eigenvalue weighted by atomic mass is 9.93. The molecule has 1 aliphatic heterocycles. The zero-order chi connectivity index (χ0) is 23.3. The number of pyridine rings is 1. The van der Waals surface area contributed by atoms with Crippen LogP contribution >= 0.6 is 0 Å². The Morgan fingerprint density at radius 3 is 2.65 bits per heavy atom. The van der Waals surface area contributed by atoms with E-state index in [2.05, 4.69) is 20.3 Å². The summed E-state index contributed by atoms with van der Waals surface area (Å²) in [5, 5.41) is 13.1. The standard InChI is InChI=1S/C26H27N7O/c1-31(23-8-3-2-4-9-23)25-13-11-22(29-30-25)17-20-7-5-15-32(19-20)26(34)21-10-12-24(27-18-21)33-16-6-14-28-33/h2-4,6,8-14,16,18,20H,5,7,15,17,19H2,1H3. The molecule has 0 bridgehead atoms. The van der Waals surface area contributed by atoms with Crippen molar-refractivity contribution in [3.63, 3.8) is 0 Å². The topological polar surface area (TPSA) is 80.0 Å². The highest BCUT2D eigenvalue weighted by molar-refractivity contribution is 5.94. The van der Waals surface area contributed by atoms with Crippen molar-refractivity contribution in [2.24, 2.45) is 5.92 Å². The lowest BCUT2D eigenvalue weighted by Gasteiger charge is -2.32. The minimum atomic E-state index is 0.0233. The molecular formula is C26H27N7O. The SMILES string of the molecule is CN(c1ccccc1)c1ccc(CC2CCCN(C(=O)c3ccc(-n4cccn4)nc3)C2)nn1. The zero-order valence-corrected chi connectivity index (χ0v) is 19.2. The van der Waals surface area contributed by atoms with Crippen LogP contribution in [-0.4, -0.2) is 55.9 Å². The number of carbonyl (C=O) groups excluding carboxylic acids is 1. The average molecular weight is 454 g/mol. The summed E-state index contributed by atoms with van der Waals surface area (Å²) in [6.07, 6.45) is 8.03. The molecule has 0 saturated carbocycles. The summed E-state index contributed by atoms with van der Waals surface area (Å²) >= 11 is 0. The molecule has 0 radical (unpaired) electrons. The van der Waals surface area contributed by atoms with E-state index in [1.165, 1.54) is 0 Å². The first-order chi connectivity index (χ1) is 16.7. The van der Waals surface area contributed by atoms with Crippen molar-refractivity contribution in [1.82, 2.24) is 29.9 Å². The minimum absolute atomic E-state index is 0.0233. The van der Waals surface area contributed by atoms with Crippen LogP contribution in [0.1, 0.15) is 28.9 Å². The Balaban J connectivity index is 1.20. The van der Waals surface area contributed by atoms with Gasteiger partial charge in [0.25, 0.3) is 5.91 Å². The predicted molar refractivity (Wildman–Crippen MR) is 130 cm³/mol. The van der Waals surface area contributed by atoms with E-state index in [-0.39, 0.29) is 5.91 Å². The Morgan fingerprint density at radius 2 is 1.94 bits per heavy atom. The van der Waals surface area contributed by atoms with Gasteiger partial charge in [-0.1, -0.05) is 18.2 Å². The van der Waals surface area contributed by atoms with E-state index in [1.807, 2.05) is 83.7 Å². The zero-order valence-electron chi connectivity index (χ0n) is 19.2. The van der Waals surface area contributed by atoms with E-state index in [0.717, 1.165) is 43.0 Å². The van der Waals surface area contributed by atoms with Crippen molar-refractivity contribution in [2.75, 3.05) is 25.0 Å². The molecule has 4 heterocycles. The minimum Gasteiger partial charge on any atom is -0.338 e. The Bertz CT molecular complexity index is 1210. The molecule has 3 aromatic heterocycles. The Morgan fingerprint density at radius 1 is 1.06 bits per heavy atom. The first kappa shape index (κ1) is 21.8. The Kier molecular flexibility index (Phi) is 6.29. The fourth-order valence-electron chi connectivity index (χ4n) is 4.37. The van der Waals surface area contributed by atoms with Gasteiger partial charge in [0.2, 0.25) is 0 Å². The van der Waals surface area contributed by atoms with Crippen molar-refractivity contribution < 1.29 is 4.79 Å². The molecule has 5 rings (SSSR count). The number of anilines is 2. The van der Waals surface area contributed by atoms with Crippen LogP contribution in [0, 0.1) is 5.92 Å². The van der Waals surface area contributed by atoms with E-state index >= 15 is 0 Å². The number of hydrogen-bond donors (Lipinski definition) is 0. The monoisotopic (exact) mass is 453 g/mol. The lowest BCUT2D eigenvalue weighted by molar-refractivity contribution is 0.0672. The van der Waals surface area contributed by atoms with Crippen LogP contribution in [0.2, 0.25) is 0 Å². The number of likely N-dealkylation sites (tertiary alicyclic amines) is 1. The second kappa shape index (κ2) is 9.82. The number of aromatic nitrogens is 5. The van der Waals surface area contributed by atoms with E-state index in [4.69, 9.17) is 0 Å². The van der Waals surface area contributed by atoms with Crippen LogP contribution in [-0.2, 0) is 6.42 Å². The Hall–Kier alpha value is -4.07. The molecule has 0 N–H and O–H groups in total. The lowest BCUT2D eigenvalue weighted by Crippen LogP contribution is -2.40. The molecule has 1 saturated heterocycles. The van der Waals surface area contributed by atoms with Crippen LogP contribution < -0.4 is 4.90 Å². The molecule has 1 atom stereocenters. The third kappa shape index (κ3) is 4.80. The molecule has 0 aliphatic carbocycles. The maximum Gasteiger partial charge on any atom is 0.255 e. The number of carbonyl (C=O) groups is 1. The van der Waals surface area contributed by atoms with Crippen molar-refractivity contribution in [3.05, 3.63) is 90.5 Å².